The lowest BCUT2D eigenvalue weighted by Crippen LogP contribution is -2.21. The van der Waals surface area contributed by atoms with Crippen LogP contribution in [0.15, 0.2) is 42.5 Å². The Hall–Kier alpha value is -2.44. The minimum atomic E-state index is -0.554. The fourth-order valence-corrected chi connectivity index (χ4v) is 2.54. The molecule has 0 radical (unpaired) electrons. The lowest BCUT2D eigenvalue weighted by molar-refractivity contribution is -0.147. The Labute approximate surface area is 167 Å². The van der Waals surface area contributed by atoms with Gasteiger partial charge in [0.1, 0.15) is 0 Å². The maximum Gasteiger partial charge on any atom is 0.309 e. The van der Waals surface area contributed by atoms with E-state index in [1.165, 1.54) is 6.07 Å². The topological polar surface area (TPSA) is 73.9 Å². The van der Waals surface area contributed by atoms with E-state index in [1.807, 2.05) is 19.1 Å². The van der Waals surface area contributed by atoms with Gasteiger partial charge in [-0.3, -0.25) is 9.59 Å². The van der Waals surface area contributed by atoms with Gasteiger partial charge in [0, 0.05) is 5.02 Å². The van der Waals surface area contributed by atoms with Crippen LogP contribution in [-0.2, 0) is 14.3 Å². The maximum atomic E-state index is 11.8. The van der Waals surface area contributed by atoms with Gasteiger partial charge in [0.05, 0.1) is 30.3 Å². The first-order valence-corrected chi connectivity index (χ1v) is 9.00. The first kappa shape index (κ1) is 20.9. The predicted octanol–water partition coefficient (Wildman–Crippen LogP) is 4.34. The van der Waals surface area contributed by atoms with E-state index in [-0.39, 0.29) is 13.0 Å². The summed E-state index contributed by atoms with van der Waals surface area (Å²) in [6, 6.07) is 11.8. The molecule has 1 N–H and O–H groups in total. The summed E-state index contributed by atoms with van der Waals surface area (Å²) in [5, 5.41) is 3.29. The van der Waals surface area contributed by atoms with E-state index >= 15 is 0 Å². The van der Waals surface area contributed by atoms with Gasteiger partial charge in [-0.15, -0.1) is 0 Å². The SMILES string of the molecule is CCOc1ccccc1OCCC(=O)OCC(=O)Nc1ccc(Cl)cc1Cl. The average Bonchev–Trinajstić information content (AvgIpc) is 2.64. The monoisotopic (exact) mass is 411 g/mol. The zero-order valence-corrected chi connectivity index (χ0v) is 16.2. The molecule has 0 saturated heterocycles. The molecule has 2 aromatic carbocycles. The molecule has 0 heterocycles. The number of rotatable bonds is 9. The Bertz CT molecular complexity index is 797. The number of carbonyl (C=O) groups is 2. The Balaban J connectivity index is 1.72. The molecule has 1 amide bonds. The molecule has 0 unspecified atom stereocenters. The lowest BCUT2D eigenvalue weighted by Gasteiger charge is -2.11. The molecule has 8 heteroatoms. The van der Waals surface area contributed by atoms with Crippen molar-refractivity contribution in [1.29, 1.82) is 0 Å². The van der Waals surface area contributed by atoms with Gasteiger partial charge in [0.25, 0.3) is 5.91 Å². The number of hydrogen-bond donors (Lipinski definition) is 1. The van der Waals surface area contributed by atoms with Gasteiger partial charge in [-0.05, 0) is 37.3 Å². The summed E-state index contributed by atoms with van der Waals surface area (Å²) >= 11 is 11.8. The molecule has 0 aliphatic rings. The van der Waals surface area contributed by atoms with Gasteiger partial charge in [-0.25, -0.2) is 0 Å². The molecule has 27 heavy (non-hydrogen) atoms. The van der Waals surface area contributed by atoms with E-state index in [1.54, 1.807) is 24.3 Å². The van der Waals surface area contributed by atoms with E-state index in [9.17, 15) is 9.59 Å². The van der Waals surface area contributed by atoms with Gasteiger partial charge >= 0.3 is 5.97 Å². The van der Waals surface area contributed by atoms with E-state index in [0.717, 1.165) is 0 Å². The summed E-state index contributed by atoms with van der Waals surface area (Å²) in [5.41, 5.74) is 0.387. The quantitative estimate of drug-likeness (QED) is 0.621. The van der Waals surface area contributed by atoms with Crippen LogP contribution < -0.4 is 14.8 Å². The molecular formula is C19H19Cl2NO5. The van der Waals surface area contributed by atoms with E-state index in [0.29, 0.717) is 33.8 Å². The predicted molar refractivity (Wildman–Crippen MR) is 104 cm³/mol. The van der Waals surface area contributed by atoms with Gasteiger partial charge in [0.2, 0.25) is 0 Å². The van der Waals surface area contributed by atoms with Crippen molar-refractivity contribution < 1.29 is 23.8 Å². The van der Waals surface area contributed by atoms with Crippen LogP contribution in [0.4, 0.5) is 5.69 Å². The summed E-state index contributed by atoms with van der Waals surface area (Å²) in [4.78, 5) is 23.6. The van der Waals surface area contributed by atoms with Crippen LogP contribution in [0.3, 0.4) is 0 Å². The fourth-order valence-electron chi connectivity index (χ4n) is 2.08. The molecule has 144 valence electrons. The number of amides is 1. The molecule has 0 aromatic heterocycles. The number of benzene rings is 2. The van der Waals surface area contributed by atoms with Crippen LogP contribution in [0, 0.1) is 0 Å². The summed E-state index contributed by atoms with van der Waals surface area (Å²) in [7, 11) is 0. The maximum absolute atomic E-state index is 11.8. The van der Waals surface area contributed by atoms with Crippen LogP contribution in [-0.4, -0.2) is 31.7 Å². The number of nitrogens with one attached hydrogen (secondary N) is 1. The number of esters is 1. The Kier molecular flexibility index (Phi) is 8.23. The average molecular weight is 412 g/mol. The normalized spacial score (nSPS) is 10.2. The number of hydrogen-bond acceptors (Lipinski definition) is 5. The number of carbonyl (C=O) groups excluding carboxylic acids is 2. The molecule has 0 spiro atoms. The first-order chi connectivity index (χ1) is 13.0. The minimum Gasteiger partial charge on any atom is -0.490 e. The minimum absolute atomic E-state index is 0.00452. The lowest BCUT2D eigenvalue weighted by atomic mass is 10.3. The molecule has 0 saturated carbocycles. The summed E-state index contributed by atoms with van der Waals surface area (Å²) in [6.45, 7) is 2.06. The molecule has 2 rings (SSSR count). The van der Waals surface area contributed by atoms with Crippen molar-refractivity contribution in [3.63, 3.8) is 0 Å². The summed E-state index contributed by atoms with van der Waals surface area (Å²) in [5.74, 6) is 0.0892. The van der Waals surface area contributed by atoms with Crippen molar-refractivity contribution in [2.75, 3.05) is 25.1 Å². The smallest absolute Gasteiger partial charge is 0.309 e. The third kappa shape index (κ3) is 7.00. The number of anilines is 1. The molecule has 0 atom stereocenters. The fraction of sp³-hybridized carbons (Fsp3) is 0.263. The zero-order valence-electron chi connectivity index (χ0n) is 14.7. The highest BCUT2D eigenvalue weighted by atomic mass is 35.5. The molecule has 6 nitrogen and oxygen atoms in total. The van der Waals surface area contributed by atoms with Gasteiger partial charge in [-0.2, -0.15) is 0 Å². The highest BCUT2D eigenvalue weighted by Gasteiger charge is 2.11. The largest absolute Gasteiger partial charge is 0.490 e. The van der Waals surface area contributed by atoms with Crippen LogP contribution in [0.25, 0.3) is 0 Å². The third-order valence-corrected chi connectivity index (χ3v) is 3.83. The Morgan fingerprint density at radius 3 is 2.41 bits per heavy atom. The number of para-hydroxylation sites is 2. The second-order valence-electron chi connectivity index (χ2n) is 5.31. The second-order valence-corrected chi connectivity index (χ2v) is 6.15. The van der Waals surface area contributed by atoms with E-state index < -0.39 is 18.5 Å². The third-order valence-electron chi connectivity index (χ3n) is 3.28. The highest BCUT2D eigenvalue weighted by Crippen LogP contribution is 2.26. The zero-order chi connectivity index (χ0) is 19.6. The number of ether oxygens (including phenoxy) is 3. The van der Waals surface area contributed by atoms with Crippen molar-refractivity contribution in [1.82, 2.24) is 0 Å². The molecular weight excluding hydrogens is 393 g/mol. The molecule has 0 aliphatic heterocycles. The second kappa shape index (κ2) is 10.6. The summed E-state index contributed by atoms with van der Waals surface area (Å²) < 4.78 is 15.9. The molecule has 0 fully saturated rings. The van der Waals surface area contributed by atoms with Crippen molar-refractivity contribution in [3.05, 3.63) is 52.5 Å². The first-order valence-electron chi connectivity index (χ1n) is 8.24. The Morgan fingerprint density at radius 2 is 1.74 bits per heavy atom. The van der Waals surface area contributed by atoms with Crippen molar-refractivity contribution >= 4 is 40.8 Å². The van der Waals surface area contributed by atoms with Crippen LogP contribution in [0.5, 0.6) is 11.5 Å². The van der Waals surface area contributed by atoms with Crippen molar-refractivity contribution in [2.45, 2.75) is 13.3 Å². The van der Waals surface area contributed by atoms with Crippen molar-refractivity contribution in [3.8, 4) is 11.5 Å². The van der Waals surface area contributed by atoms with Gasteiger partial charge in [0.15, 0.2) is 18.1 Å². The molecule has 0 bridgehead atoms. The molecule has 0 aliphatic carbocycles. The van der Waals surface area contributed by atoms with Crippen LogP contribution in [0.2, 0.25) is 10.0 Å². The van der Waals surface area contributed by atoms with Crippen LogP contribution in [0.1, 0.15) is 13.3 Å². The van der Waals surface area contributed by atoms with Crippen LogP contribution >= 0.6 is 23.2 Å². The van der Waals surface area contributed by atoms with Crippen molar-refractivity contribution in [2.24, 2.45) is 0 Å². The van der Waals surface area contributed by atoms with E-state index in [4.69, 9.17) is 37.4 Å². The van der Waals surface area contributed by atoms with E-state index in [2.05, 4.69) is 5.32 Å². The Morgan fingerprint density at radius 1 is 1.04 bits per heavy atom. The highest BCUT2D eigenvalue weighted by molar-refractivity contribution is 6.36. The number of halogens is 2. The molecule has 2 aromatic rings. The summed E-state index contributed by atoms with van der Waals surface area (Å²) in [6.07, 6.45) is -0.00452. The standard InChI is InChI=1S/C19H19Cl2NO5/c1-2-25-16-5-3-4-6-17(16)26-10-9-19(24)27-12-18(23)22-15-8-7-13(20)11-14(15)21/h3-8,11H,2,9-10,12H2,1H3,(H,22,23). The van der Waals surface area contributed by atoms with Gasteiger partial charge < -0.3 is 19.5 Å². The van der Waals surface area contributed by atoms with Gasteiger partial charge in [-0.1, -0.05) is 35.3 Å².